The van der Waals surface area contributed by atoms with Crippen LogP contribution >= 0.6 is 0 Å². The van der Waals surface area contributed by atoms with Gasteiger partial charge in [0.2, 0.25) is 5.91 Å². The molecule has 39 heavy (non-hydrogen) atoms. The molecule has 1 aromatic rings. The number of nitrogens with one attached hydrogen (secondary N) is 1. The van der Waals surface area contributed by atoms with Crippen molar-refractivity contribution in [2.45, 2.75) is 62.6 Å². The maximum Gasteiger partial charge on any atom is 0.238 e. The van der Waals surface area contributed by atoms with Crippen LogP contribution in [0.3, 0.4) is 0 Å². The van der Waals surface area contributed by atoms with Crippen LogP contribution in [0, 0.1) is 23.7 Å². The number of hydrogen-bond acceptors (Lipinski definition) is 9. The Labute approximate surface area is 227 Å². The van der Waals surface area contributed by atoms with Crippen LogP contribution < -0.4 is 10.2 Å². The van der Waals surface area contributed by atoms with Gasteiger partial charge in [-0.3, -0.25) is 28.9 Å². The van der Waals surface area contributed by atoms with Crippen molar-refractivity contribution in [1.82, 2.24) is 10.2 Å². The Bertz CT molecular complexity index is 1280. The molecule has 4 aliphatic rings. The highest BCUT2D eigenvalue weighted by Gasteiger charge is 2.69. The maximum atomic E-state index is 14.1. The molecular weight excluding hydrogens is 502 g/mol. The van der Waals surface area contributed by atoms with Crippen LogP contribution in [0.25, 0.3) is 0 Å². The van der Waals surface area contributed by atoms with E-state index in [9.17, 15) is 34.2 Å². The average molecular weight is 540 g/mol. The summed E-state index contributed by atoms with van der Waals surface area (Å²) >= 11 is 0. The zero-order valence-electron chi connectivity index (χ0n) is 23.1. The topological polar surface area (TPSA) is 144 Å². The maximum absolute atomic E-state index is 14.1. The first kappa shape index (κ1) is 27.5. The number of aromatic hydroxyl groups is 1. The van der Waals surface area contributed by atoms with Crippen LogP contribution in [0.5, 0.6) is 5.75 Å². The Morgan fingerprint density at radius 3 is 2.26 bits per heavy atom. The first-order valence-electron chi connectivity index (χ1n) is 13.6. The van der Waals surface area contributed by atoms with Crippen molar-refractivity contribution >= 4 is 34.7 Å². The lowest BCUT2D eigenvalue weighted by Crippen LogP contribution is -2.74. The minimum Gasteiger partial charge on any atom is -0.507 e. The van der Waals surface area contributed by atoms with Crippen molar-refractivity contribution in [3.8, 4) is 5.75 Å². The first-order chi connectivity index (χ1) is 18.2. The van der Waals surface area contributed by atoms with Crippen LogP contribution in [0.15, 0.2) is 12.1 Å². The number of likely N-dealkylation sites (N-methyl/N-ethyl adjacent to an activating group) is 1. The van der Waals surface area contributed by atoms with Gasteiger partial charge < -0.3 is 20.4 Å². The first-order valence-corrected chi connectivity index (χ1v) is 13.6. The highest BCUT2D eigenvalue weighted by molar-refractivity contribution is 6.32. The van der Waals surface area contributed by atoms with Gasteiger partial charge in [-0.25, -0.2) is 0 Å². The molecule has 0 bridgehead atoms. The summed E-state index contributed by atoms with van der Waals surface area (Å²) < 4.78 is 0. The SMILES string of the molecule is CN(C)c1ccc(O)c2c1C[C@@H]1C[C@@H]3[C@@H](N(C)C)C(=O)C(C(=O)NC4(C)CCCC4)C(=O)[C@]3(O)C(=O)C1C2=O. The quantitative estimate of drug-likeness (QED) is 0.475. The van der Waals surface area contributed by atoms with Gasteiger partial charge in [0, 0.05) is 31.2 Å². The second-order valence-corrected chi connectivity index (χ2v) is 12.5. The standard InChI is InChI=1S/C29H37N3O7/c1-28(10-6-7-11-28)30-27(38)21-24(35)22(32(4)5)16-13-14-12-15-17(31(2)3)8-9-18(33)20(15)23(34)19(14)25(36)29(16,39)26(21)37/h8-9,14,16,19,21-22,33,39H,6-7,10-13H2,1-5H3,(H,30,38)/t14-,16-,19?,21?,22-,29-/m1/s1. The number of rotatable bonds is 4. The minimum absolute atomic E-state index is 0.0183. The summed E-state index contributed by atoms with van der Waals surface area (Å²) in [5, 5.41) is 25.4. The molecule has 10 heteroatoms. The number of fused-ring (bicyclic) bond motifs is 3. The largest absolute Gasteiger partial charge is 0.507 e. The van der Waals surface area contributed by atoms with Crippen LogP contribution in [0.2, 0.25) is 0 Å². The van der Waals surface area contributed by atoms with E-state index in [0.29, 0.717) is 18.4 Å². The number of carbonyl (C=O) groups excluding carboxylic acids is 5. The Balaban J connectivity index is 1.58. The number of phenols is 1. The molecule has 6 atom stereocenters. The van der Waals surface area contributed by atoms with Crippen LogP contribution in [-0.2, 0) is 25.6 Å². The lowest BCUT2D eigenvalue weighted by atomic mass is 9.52. The van der Waals surface area contributed by atoms with Crippen LogP contribution in [-0.4, -0.2) is 89.5 Å². The van der Waals surface area contributed by atoms with E-state index in [0.717, 1.165) is 18.5 Å². The fourth-order valence-corrected chi connectivity index (χ4v) is 7.64. The molecule has 3 fully saturated rings. The van der Waals surface area contributed by atoms with E-state index in [1.54, 1.807) is 25.1 Å². The highest BCUT2D eigenvalue weighted by atomic mass is 16.3. The zero-order chi connectivity index (χ0) is 28.6. The van der Waals surface area contributed by atoms with E-state index in [4.69, 9.17) is 0 Å². The molecule has 10 nitrogen and oxygen atoms in total. The van der Waals surface area contributed by atoms with E-state index in [2.05, 4.69) is 5.32 Å². The van der Waals surface area contributed by atoms with Crippen molar-refractivity contribution in [3.63, 3.8) is 0 Å². The monoisotopic (exact) mass is 539 g/mol. The summed E-state index contributed by atoms with van der Waals surface area (Å²) in [5.41, 5.74) is -1.91. The molecule has 0 saturated heterocycles. The average Bonchev–Trinajstić information content (AvgIpc) is 3.26. The molecule has 1 aromatic carbocycles. The number of nitrogens with zero attached hydrogens (tertiary/aromatic N) is 2. The number of aliphatic hydroxyl groups is 1. The van der Waals surface area contributed by atoms with Crippen molar-refractivity contribution in [3.05, 3.63) is 23.3 Å². The predicted molar refractivity (Wildman–Crippen MR) is 142 cm³/mol. The number of ketones is 4. The van der Waals surface area contributed by atoms with Crippen LogP contribution in [0.1, 0.15) is 54.9 Å². The number of benzene rings is 1. The van der Waals surface area contributed by atoms with Crippen molar-refractivity contribution < 1.29 is 34.2 Å². The highest BCUT2D eigenvalue weighted by Crippen LogP contribution is 2.51. The molecule has 210 valence electrons. The van der Waals surface area contributed by atoms with E-state index in [1.807, 2.05) is 25.9 Å². The molecule has 0 radical (unpaired) electrons. The fourth-order valence-electron chi connectivity index (χ4n) is 7.64. The summed E-state index contributed by atoms with van der Waals surface area (Å²) in [6, 6.07) is 2.03. The van der Waals surface area contributed by atoms with Crippen molar-refractivity contribution in [2.24, 2.45) is 23.7 Å². The van der Waals surface area contributed by atoms with Crippen molar-refractivity contribution in [2.75, 3.05) is 33.1 Å². The van der Waals surface area contributed by atoms with Gasteiger partial charge in [-0.1, -0.05) is 12.8 Å². The normalized spacial score (nSPS) is 33.5. The summed E-state index contributed by atoms with van der Waals surface area (Å²) in [5.74, 6) is -9.39. The number of Topliss-reactive ketones (excluding diaryl/α,β-unsaturated/α-hetero) is 4. The van der Waals surface area contributed by atoms with Gasteiger partial charge in [-0.15, -0.1) is 0 Å². The van der Waals surface area contributed by atoms with Gasteiger partial charge in [-0.2, -0.15) is 0 Å². The second-order valence-electron chi connectivity index (χ2n) is 12.5. The number of amides is 1. The second kappa shape index (κ2) is 9.23. The summed E-state index contributed by atoms with van der Waals surface area (Å²) in [6.07, 6.45) is 3.54. The Morgan fingerprint density at radius 2 is 1.67 bits per heavy atom. The minimum atomic E-state index is -2.68. The molecule has 4 aliphatic carbocycles. The van der Waals surface area contributed by atoms with Gasteiger partial charge in [0.25, 0.3) is 0 Å². The van der Waals surface area contributed by atoms with E-state index in [1.165, 1.54) is 6.07 Å². The Kier molecular flexibility index (Phi) is 6.50. The number of anilines is 1. The number of phenolic OH excluding ortho intramolecular Hbond substituents is 1. The van der Waals surface area contributed by atoms with Gasteiger partial charge >= 0.3 is 0 Å². The van der Waals surface area contributed by atoms with Gasteiger partial charge in [0.15, 0.2) is 34.7 Å². The molecule has 0 aliphatic heterocycles. The van der Waals surface area contributed by atoms with Gasteiger partial charge in [-0.05, 0) is 70.3 Å². The van der Waals surface area contributed by atoms with E-state index < -0.39 is 69.9 Å². The van der Waals surface area contributed by atoms with Crippen LogP contribution in [0.4, 0.5) is 5.69 Å². The number of hydrogen-bond donors (Lipinski definition) is 3. The van der Waals surface area contributed by atoms with E-state index in [-0.39, 0.29) is 24.2 Å². The molecule has 3 N–H and O–H groups in total. The third kappa shape index (κ3) is 3.94. The third-order valence-corrected chi connectivity index (χ3v) is 9.51. The smallest absolute Gasteiger partial charge is 0.238 e. The number of carbonyl (C=O) groups is 5. The van der Waals surface area contributed by atoms with Gasteiger partial charge in [0.05, 0.1) is 17.5 Å². The third-order valence-electron chi connectivity index (χ3n) is 9.51. The molecule has 1 amide bonds. The van der Waals surface area contributed by atoms with Gasteiger partial charge in [0.1, 0.15) is 5.75 Å². The fraction of sp³-hybridized carbons (Fsp3) is 0.621. The molecule has 3 saturated carbocycles. The Hall–Kier alpha value is -3.11. The predicted octanol–water partition coefficient (Wildman–Crippen LogP) is 0.897. The van der Waals surface area contributed by atoms with E-state index >= 15 is 0 Å². The molecule has 0 aromatic heterocycles. The lowest BCUT2D eigenvalue weighted by molar-refractivity contribution is -0.181. The lowest BCUT2D eigenvalue weighted by Gasteiger charge is -2.52. The van der Waals surface area contributed by atoms with Crippen molar-refractivity contribution in [1.29, 1.82) is 0 Å². The molecular formula is C29H37N3O7. The summed E-state index contributed by atoms with van der Waals surface area (Å²) in [4.78, 5) is 72.3. The summed E-state index contributed by atoms with van der Waals surface area (Å²) in [6.45, 7) is 1.86. The molecule has 0 spiro atoms. The molecule has 0 heterocycles. The molecule has 2 unspecified atom stereocenters. The zero-order valence-corrected chi connectivity index (χ0v) is 23.1. The molecule has 5 rings (SSSR count). The Morgan fingerprint density at radius 1 is 1.03 bits per heavy atom. The summed E-state index contributed by atoms with van der Waals surface area (Å²) in [7, 11) is 6.86.